The van der Waals surface area contributed by atoms with Crippen LogP contribution in [0.4, 0.5) is 5.69 Å². The molecule has 3 rings (SSSR count). The van der Waals surface area contributed by atoms with Gasteiger partial charge in [0.2, 0.25) is 5.91 Å². The lowest BCUT2D eigenvalue weighted by atomic mass is 10.2. The van der Waals surface area contributed by atoms with Gasteiger partial charge in [-0.05, 0) is 55.8 Å². The summed E-state index contributed by atoms with van der Waals surface area (Å²) in [6.07, 6.45) is 1.38. The van der Waals surface area contributed by atoms with Crippen LogP contribution in [0.25, 0.3) is 0 Å². The first-order valence-electron chi connectivity index (χ1n) is 9.35. The van der Waals surface area contributed by atoms with Crippen molar-refractivity contribution in [3.05, 3.63) is 53.6 Å². The van der Waals surface area contributed by atoms with Crippen molar-refractivity contribution in [2.24, 2.45) is 0 Å². The fraction of sp³-hybridized carbons (Fsp3) is 0.286. The SMILES string of the molecule is CCOc1ccc(C(=O)NNC(=O)c2ccc(N3CCCC3=O)cc2)cc1OC. The largest absolute Gasteiger partial charge is 0.493 e. The van der Waals surface area contributed by atoms with Crippen molar-refractivity contribution < 1.29 is 23.9 Å². The predicted octanol–water partition coefficient (Wildman–Crippen LogP) is 2.30. The molecule has 0 radical (unpaired) electrons. The number of nitrogens with one attached hydrogen (secondary N) is 2. The van der Waals surface area contributed by atoms with Gasteiger partial charge in [0, 0.05) is 29.8 Å². The molecule has 0 aromatic heterocycles. The zero-order chi connectivity index (χ0) is 20.8. The zero-order valence-corrected chi connectivity index (χ0v) is 16.4. The van der Waals surface area contributed by atoms with Crippen LogP contribution in [0.3, 0.4) is 0 Å². The average molecular weight is 397 g/mol. The van der Waals surface area contributed by atoms with Crippen molar-refractivity contribution in [3.8, 4) is 11.5 Å². The molecule has 0 bridgehead atoms. The van der Waals surface area contributed by atoms with E-state index in [2.05, 4.69) is 10.9 Å². The molecule has 0 saturated carbocycles. The smallest absolute Gasteiger partial charge is 0.269 e. The fourth-order valence-electron chi connectivity index (χ4n) is 3.06. The standard InChI is InChI=1S/C21H23N3O5/c1-3-29-17-11-8-15(13-18(17)28-2)21(27)23-22-20(26)14-6-9-16(10-7-14)24-12-4-5-19(24)25/h6-11,13H,3-5,12H2,1-2H3,(H,22,26)(H,23,27). The molecule has 8 nitrogen and oxygen atoms in total. The minimum absolute atomic E-state index is 0.0836. The molecule has 3 amide bonds. The maximum atomic E-state index is 12.3. The summed E-state index contributed by atoms with van der Waals surface area (Å²) in [6, 6.07) is 11.4. The van der Waals surface area contributed by atoms with E-state index in [9.17, 15) is 14.4 Å². The number of hydrazine groups is 1. The monoisotopic (exact) mass is 397 g/mol. The molecule has 0 unspecified atom stereocenters. The van der Waals surface area contributed by atoms with Gasteiger partial charge >= 0.3 is 0 Å². The van der Waals surface area contributed by atoms with Crippen LogP contribution in [0, 0.1) is 0 Å². The Morgan fingerprint density at radius 3 is 2.24 bits per heavy atom. The topological polar surface area (TPSA) is 97.0 Å². The molecule has 0 spiro atoms. The van der Waals surface area contributed by atoms with Crippen molar-refractivity contribution in [3.63, 3.8) is 0 Å². The molecule has 1 aliphatic rings. The number of amides is 3. The third-order valence-corrected chi connectivity index (χ3v) is 4.53. The van der Waals surface area contributed by atoms with Gasteiger partial charge in [-0.3, -0.25) is 25.2 Å². The van der Waals surface area contributed by atoms with Crippen LogP contribution in [0.2, 0.25) is 0 Å². The van der Waals surface area contributed by atoms with Crippen LogP contribution in [-0.2, 0) is 4.79 Å². The molecule has 1 saturated heterocycles. The van der Waals surface area contributed by atoms with Crippen molar-refractivity contribution in [2.75, 3.05) is 25.2 Å². The molecule has 1 heterocycles. The van der Waals surface area contributed by atoms with Crippen LogP contribution in [-0.4, -0.2) is 38.0 Å². The number of carbonyl (C=O) groups is 3. The van der Waals surface area contributed by atoms with E-state index >= 15 is 0 Å². The highest BCUT2D eigenvalue weighted by Gasteiger charge is 2.21. The van der Waals surface area contributed by atoms with E-state index in [-0.39, 0.29) is 5.91 Å². The second-order valence-corrected chi connectivity index (χ2v) is 6.40. The molecule has 2 aromatic rings. The average Bonchev–Trinajstić information content (AvgIpc) is 3.18. The third-order valence-electron chi connectivity index (χ3n) is 4.53. The first-order chi connectivity index (χ1) is 14.0. The molecular formula is C21H23N3O5. The number of hydrogen-bond acceptors (Lipinski definition) is 5. The molecular weight excluding hydrogens is 374 g/mol. The number of methoxy groups -OCH3 is 1. The highest BCUT2D eigenvalue weighted by molar-refractivity contribution is 6.00. The van der Waals surface area contributed by atoms with E-state index < -0.39 is 11.8 Å². The Kier molecular flexibility index (Phi) is 6.33. The van der Waals surface area contributed by atoms with Gasteiger partial charge in [0.15, 0.2) is 11.5 Å². The molecule has 0 atom stereocenters. The Bertz CT molecular complexity index is 911. The number of carbonyl (C=O) groups excluding carboxylic acids is 3. The summed E-state index contributed by atoms with van der Waals surface area (Å²) in [5.41, 5.74) is 6.20. The van der Waals surface area contributed by atoms with Crippen LogP contribution < -0.4 is 25.2 Å². The Balaban J connectivity index is 1.60. The molecule has 2 aromatic carbocycles. The van der Waals surface area contributed by atoms with Gasteiger partial charge in [-0.25, -0.2) is 0 Å². The summed E-state index contributed by atoms with van der Waals surface area (Å²) in [4.78, 5) is 38.1. The van der Waals surface area contributed by atoms with E-state index in [1.54, 1.807) is 41.3 Å². The van der Waals surface area contributed by atoms with E-state index in [1.807, 2.05) is 6.92 Å². The van der Waals surface area contributed by atoms with Crippen molar-refractivity contribution in [1.29, 1.82) is 0 Å². The molecule has 1 fully saturated rings. The lowest BCUT2D eigenvalue weighted by molar-refractivity contribution is -0.117. The number of ether oxygens (including phenoxy) is 2. The van der Waals surface area contributed by atoms with Gasteiger partial charge in [0.1, 0.15) is 0 Å². The Morgan fingerprint density at radius 1 is 1.00 bits per heavy atom. The predicted molar refractivity (Wildman–Crippen MR) is 107 cm³/mol. The quantitative estimate of drug-likeness (QED) is 0.729. The summed E-state index contributed by atoms with van der Waals surface area (Å²) in [6.45, 7) is 3.01. The zero-order valence-electron chi connectivity index (χ0n) is 16.4. The second-order valence-electron chi connectivity index (χ2n) is 6.40. The number of rotatable bonds is 6. The van der Waals surface area contributed by atoms with Gasteiger partial charge in [-0.15, -0.1) is 0 Å². The van der Waals surface area contributed by atoms with Crippen molar-refractivity contribution >= 4 is 23.4 Å². The minimum Gasteiger partial charge on any atom is -0.493 e. The number of anilines is 1. The van der Waals surface area contributed by atoms with E-state index in [0.717, 1.165) is 12.1 Å². The molecule has 8 heteroatoms. The number of benzene rings is 2. The normalized spacial score (nSPS) is 13.2. The Hall–Kier alpha value is -3.55. The molecule has 29 heavy (non-hydrogen) atoms. The van der Waals surface area contributed by atoms with Crippen molar-refractivity contribution in [1.82, 2.24) is 10.9 Å². The highest BCUT2D eigenvalue weighted by atomic mass is 16.5. The maximum absolute atomic E-state index is 12.3. The van der Waals surface area contributed by atoms with Gasteiger partial charge in [-0.2, -0.15) is 0 Å². The molecule has 152 valence electrons. The lowest BCUT2D eigenvalue weighted by Gasteiger charge is -2.16. The van der Waals surface area contributed by atoms with Crippen LogP contribution >= 0.6 is 0 Å². The van der Waals surface area contributed by atoms with E-state index in [0.29, 0.717) is 42.2 Å². The summed E-state index contributed by atoms with van der Waals surface area (Å²) in [7, 11) is 1.49. The summed E-state index contributed by atoms with van der Waals surface area (Å²) < 4.78 is 10.6. The van der Waals surface area contributed by atoms with Crippen molar-refractivity contribution in [2.45, 2.75) is 19.8 Å². The van der Waals surface area contributed by atoms with Gasteiger partial charge in [-0.1, -0.05) is 0 Å². The van der Waals surface area contributed by atoms with Gasteiger partial charge in [0.25, 0.3) is 11.8 Å². The summed E-state index contributed by atoms with van der Waals surface area (Å²) >= 11 is 0. The third kappa shape index (κ3) is 4.66. The number of hydrogen-bond donors (Lipinski definition) is 2. The number of nitrogens with zero attached hydrogens (tertiary/aromatic N) is 1. The van der Waals surface area contributed by atoms with E-state index in [1.165, 1.54) is 13.2 Å². The minimum atomic E-state index is -0.487. The van der Waals surface area contributed by atoms with E-state index in [4.69, 9.17) is 9.47 Å². The molecule has 2 N–H and O–H groups in total. The van der Waals surface area contributed by atoms with Crippen LogP contribution in [0.5, 0.6) is 11.5 Å². The first kappa shape index (κ1) is 20.2. The van der Waals surface area contributed by atoms with Gasteiger partial charge in [0.05, 0.1) is 13.7 Å². The first-order valence-corrected chi connectivity index (χ1v) is 9.35. The lowest BCUT2D eigenvalue weighted by Crippen LogP contribution is -2.41. The van der Waals surface area contributed by atoms with Crippen LogP contribution in [0.1, 0.15) is 40.5 Å². The fourth-order valence-corrected chi connectivity index (χ4v) is 3.06. The Morgan fingerprint density at radius 2 is 1.66 bits per heavy atom. The highest BCUT2D eigenvalue weighted by Crippen LogP contribution is 2.28. The maximum Gasteiger partial charge on any atom is 0.269 e. The summed E-state index contributed by atoms with van der Waals surface area (Å²) in [5, 5.41) is 0. The summed E-state index contributed by atoms with van der Waals surface area (Å²) in [5.74, 6) is 0.0971. The second kappa shape index (κ2) is 9.09. The van der Waals surface area contributed by atoms with Crippen LogP contribution in [0.15, 0.2) is 42.5 Å². The molecule has 1 aliphatic heterocycles. The molecule has 0 aliphatic carbocycles. The Labute approximate surface area is 168 Å². The van der Waals surface area contributed by atoms with Gasteiger partial charge < -0.3 is 14.4 Å².